The zero-order valence-electron chi connectivity index (χ0n) is 8.58. The van der Waals surface area contributed by atoms with Crippen LogP contribution in [0.25, 0.3) is 0 Å². The summed E-state index contributed by atoms with van der Waals surface area (Å²) in [4.78, 5) is 11.5. The molecule has 13 heavy (non-hydrogen) atoms. The van der Waals surface area contributed by atoms with Crippen molar-refractivity contribution in [3.63, 3.8) is 0 Å². The molecule has 1 rings (SSSR count). The number of esters is 1. The maximum absolute atomic E-state index is 11.5. The Labute approximate surface area is 79.6 Å². The van der Waals surface area contributed by atoms with E-state index in [1.807, 2.05) is 13.8 Å². The van der Waals surface area contributed by atoms with Crippen LogP contribution in [0.2, 0.25) is 0 Å². The first-order chi connectivity index (χ1) is 6.09. The summed E-state index contributed by atoms with van der Waals surface area (Å²) in [5, 5.41) is 0. The molecule has 0 aromatic carbocycles. The Bertz CT molecular complexity index is 180. The van der Waals surface area contributed by atoms with Crippen molar-refractivity contribution in [3.05, 3.63) is 0 Å². The number of carbonyl (C=O) groups excluding carboxylic acids is 1. The highest BCUT2D eigenvalue weighted by Crippen LogP contribution is 2.23. The molecule has 0 radical (unpaired) electrons. The van der Waals surface area contributed by atoms with Gasteiger partial charge in [-0.05, 0) is 33.1 Å². The lowest BCUT2D eigenvalue weighted by atomic mass is 9.86. The Balaban J connectivity index is 2.37. The number of carbonyl (C=O) groups is 1. The molecule has 3 N–H and O–H groups in total. The lowest BCUT2D eigenvalue weighted by molar-refractivity contribution is -0.427. The fourth-order valence-electron chi connectivity index (χ4n) is 1.83. The van der Waals surface area contributed by atoms with Gasteiger partial charge in [0.05, 0.1) is 18.1 Å². The van der Waals surface area contributed by atoms with Crippen molar-refractivity contribution < 1.29 is 15.3 Å². The zero-order chi connectivity index (χ0) is 9.84. The van der Waals surface area contributed by atoms with Crippen LogP contribution in [0.15, 0.2) is 0 Å². The zero-order valence-corrected chi connectivity index (χ0v) is 8.58. The number of ether oxygens (including phenoxy) is 1. The highest BCUT2D eigenvalue weighted by Gasteiger charge is 2.28. The Kier molecular flexibility index (Phi) is 3.72. The van der Waals surface area contributed by atoms with Crippen LogP contribution < -0.4 is 5.73 Å². The molecule has 1 saturated carbocycles. The highest BCUT2D eigenvalue weighted by atomic mass is 16.5. The average Bonchev–Trinajstić information content (AvgIpc) is 2.03. The predicted octanol–water partition coefficient (Wildman–Crippen LogP) is 0.739. The molecule has 0 spiro atoms. The van der Waals surface area contributed by atoms with Gasteiger partial charge in [-0.2, -0.15) is 0 Å². The molecular formula is C10H20NO2+. The number of quaternary nitrogens is 1. The van der Waals surface area contributed by atoms with Crippen LogP contribution in [0.5, 0.6) is 0 Å². The van der Waals surface area contributed by atoms with E-state index < -0.39 is 0 Å². The number of rotatable bonds is 2. The molecule has 0 bridgehead atoms. The fourth-order valence-corrected chi connectivity index (χ4v) is 1.83. The van der Waals surface area contributed by atoms with E-state index in [0.29, 0.717) is 6.04 Å². The van der Waals surface area contributed by atoms with Crippen molar-refractivity contribution >= 4 is 5.97 Å². The van der Waals surface area contributed by atoms with E-state index in [1.54, 1.807) is 0 Å². The van der Waals surface area contributed by atoms with E-state index >= 15 is 0 Å². The monoisotopic (exact) mass is 186 g/mol. The van der Waals surface area contributed by atoms with Gasteiger partial charge in [-0.3, -0.25) is 4.79 Å². The Morgan fingerprint density at radius 2 is 2.15 bits per heavy atom. The van der Waals surface area contributed by atoms with Crippen molar-refractivity contribution in [1.29, 1.82) is 0 Å². The first-order valence-corrected chi connectivity index (χ1v) is 5.13. The number of hydrogen-bond acceptors (Lipinski definition) is 2. The van der Waals surface area contributed by atoms with Gasteiger partial charge in [0.1, 0.15) is 0 Å². The van der Waals surface area contributed by atoms with Gasteiger partial charge in [0.2, 0.25) is 0 Å². The molecule has 2 atom stereocenters. The van der Waals surface area contributed by atoms with Crippen LogP contribution in [-0.2, 0) is 9.53 Å². The van der Waals surface area contributed by atoms with Crippen LogP contribution in [0.3, 0.4) is 0 Å². The third-order valence-electron chi connectivity index (χ3n) is 2.47. The van der Waals surface area contributed by atoms with Gasteiger partial charge < -0.3 is 10.5 Å². The van der Waals surface area contributed by atoms with Crippen molar-refractivity contribution in [3.8, 4) is 0 Å². The minimum absolute atomic E-state index is 0.0118. The average molecular weight is 186 g/mol. The fraction of sp³-hybridized carbons (Fsp3) is 0.900. The van der Waals surface area contributed by atoms with Gasteiger partial charge >= 0.3 is 5.97 Å². The Morgan fingerprint density at radius 1 is 1.46 bits per heavy atom. The van der Waals surface area contributed by atoms with Crippen LogP contribution in [-0.4, -0.2) is 18.1 Å². The molecule has 0 heterocycles. The lowest BCUT2D eigenvalue weighted by Crippen LogP contribution is -2.62. The van der Waals surface area contributed by atoms with Crippen molar-refractivity contribution in [2.24, 2.45) is 5.92 Å². The van der Waals surface area contributed by atoms with Gasteiger partial charge in [0.15, 0.2) is 0 Å². The molecular weight excluding hydrogens is 166 g/mol. The number of hydrogen-bond donors (Lipinski definition) is 1. The van der Waals surface area contributed by atoms with Gasteiger partial charge in [0.25, 0.3) is 0 Å². The molecule has 0 aromatic heterocycles. The molecule has 0 aliphatic heterocycles. The van der Waals surface area contributed by atoms with E-state index in [2.05, 4.69) is 5.73 Å². The summed E-state index contributed by atoms with van der Waals surface area (Å²) in [6.07, 6.45) is 4.18. The maximum atomic E-state index is 11.5. The van der Waals surface area contributed by atoms with Gasteiger partial charge in [-0.1, -0.05) is 0 Å². The molecule has 1 fully saturated rings. The Hall–Kier alpha value is -0.570. The summed E-state index contributed by atoms with van der Waals surface area (Å²) in [6, 6.07) is 0.443. The standard InChI is InChI=1S/C10H19NO2/c1-7(2)13-10(12)8-4-3-5-9(11)6-8/h7-9H,3-6,11H2,1-2H3/p+1/t8-,9+/m1/s1. The van der Waals surface area contributed by atoms with Crippen molar-refractivity contribution in [2.75, 3.05) is 0 Å². The second-order valence-electron chi connectivity index (χ2n) is 4.22. The molecule has 0 aromatic rings. The quantitative estimate of drug-likeness (QED) is 0.647. The molecule has 1 aliphatic carbocycles. The van der Waals surface area contributed by atoms with E-state index in [4.69, 9.17) is 4.74 Å². The third-order valence-corrected chi connectivity index (χ3v) is 2.47. The minimum atomic E-state index is -0.0247. The molecule has 3 heteroatoms. The topological polar surface area (TPSA) is 53.9 Å². The van der Waals surface area contributed by atoms with E-state index in [1.165, 1.54) is 0 Å². The molecule has 0 amide bonds. The molecule has 1 aliphatic rings. The lowest BCUT2D eigenvalue weighted by Gasteiger charge is -2.23. The first kappa shape index (κ1) is 10.5. The van der Waals surface area contributed by atoms with Gasteiger partial charge in [0, 0.05) is 6.42 Å². The van der Waals surface area contributed by atoms with Gasteiger partial charge in [-0.15, -0.1) is 0 Å². The van der Waals surface area contributed by atoms with Crippen LogP contribution >= 0.6 is 0 Å². The van der Waals surface area contributed by atoms with Crippen LogP contribution in [0.1, 0.15) is 39.5 Å². The van der Waals surface area contributed by atoms with E-state index in [-0.39, 0.29) is 18.0 Å². The second-order valence-corrected chi connectivity index (χ2v) is 4.22. The molecule has 3 nitrogen and oxygen atoms in total. The van der Waals surface area contributed by atoms with E-state index in [0.717, 1.165) is 25.7 Å². The first-order valence-electron chi connectivity index (χ1n) is 5.13. The summed E-state index contributed by atoms with van der Waals surface area (Å²) in [5.74, 6) is 0.0852. The largest absolute Gasteiger partial charge is 0.463 e. The maximum Gasteiger partial charge on any atom is 0.309 e. The smallest absolute Gasteiger partial charge is 0.309 e. The Morgan fingerprint density at radius 3 is 2.69 bits per heavy atom. The SMILES string of the molecule is CC(C)OC(=O)[C@@H]1CCC[C@H]([NH3+])C1. The summed E-state index contributed by atoms with van der Waals surface area (Å²) in [5.41, 5.74) is 4.00. The molecule has 0 unspecified atom stereocenters. The predicted molar refractivity (Wildman–Crippen MR) is 49.9 cm³/mol. The highest BCUT2D eigenvalue weighted by molar-refractivity contribution is 5.72. The van der Waals surface area contributed by atoms with E-state index in [9.17, 15) is 4.79 Å². The normalized spacial score (nSPS) is 28.9. The van der Waals surface area contributed by atoms with Gasteiger partial charge in [-0.25, -0.2) is 0 Å². The van der Waals surface area contributed by atoms with Crippen molar-refractivity contribution in [2.45, 2.75) is 51.7 Å². The summed E-state index contributed by atoms with van der Waals surface area (Å²) < 4.78 is 5.17. The summed E-state index contributed by atoms with van der Waals surface area (Å²) in [6.45, 7) is 3.78. The van der Waals surface area contributed by atoms with Crippen LogP contribution in [0.4, 0.5) is 0 Å². The minimum Gasteiger partial charge on any atom is -0.463 e. The van der Waals surface area contributed by atoms with Crippen LogP contribution in [0, 0.1) is 5.92 Å². The molecule has 76 valence electrons. The molecule has 0 saturated heterocycles. The van der Waals surface area contributed by atoms with Crippen molar-refractivity contribution in [1.82, 2.24) is 0 Å². The summed E-state index contributed by atoms with van der Waals surface area (Å²) in [7, 11) is 0. The second kappa shape index (κ2) is 4.61. The summed E-state index contributed by atoms with van der Waals surface area (Å²) >= 11 is 0. The third kappa shape index (κ3) is 3.35.